The normalized spacial score (nSPS) is 15.4. The third kappa shape index (κ3) is 5.06. The highest BCUT2D eigenvalue weighted by Gasteiger charge is 2.30. The maximum Gasteiger partial charge on any atom is 0.359 e. The molecule has 2 N–H and O–H groups in total. The molecule has 0 unspecified atom stereocenters. The number of carbonyl (C=O) groups excluding carboxylic acids is 3. The molecule has 3 aromatic rings. The number of amides is 2. The van der Waals surface area contributed by atoms with E-state index in [1.165, 1.54) is 4.68 Å². The fraction of sp³-hybridized carbons (Fsp3) is 0.240. The van der Waals surface area contributed by atoms with Crippen molar-refractivity contribution >= 4 is 28.7 Å². The molecule has 1 aliphatic rings. The minimum atomic E-state index is -0.806. The number of esters is 2. The zero-order valence-corrected chi connectivity index (χ0v) is 19.2. The van der Waals surface area contributed by atoms with Crippen LogP contribution in [0, 0.1) is 0 Å². The van der Waals surface area contributed by atoms with Gasteiger partial charge >= 0.3 is 18.0 Å². The fourth-order valence-electron chi connectivity index (χ4n) is 3.85. The van der Waals surface area contributed by atoms with Crippen molar-refractivity contribution in [2.75, 3.05) is 13.2 Å². The van der Waals surface area contributed by atoms with Crippen LogP contribution in [-0.2, 0) is 20.8 Å². The Labute approximate surface area is 200 Å². The second-order valence-electron chi connectivity index (χ2n) is 7.85. The molecule has 0 radical (unpaired) electrons. The predicted molar refractivity (Wildman–Crippen MR) is 127 cm³/mol. The summed E-state index contributed by atoms with van der Waals surface area (Å²) in [6, 6.07) is 14.7. The topological polar surface area (TPSA) is 129 Å². The highest BCUT2D eigenvalue weighted by Crippen LogP contribution is 2.18. The summed E-state index contributed by atoms with van der Waals surface area (Å²) in [5.41, 5.74) is 0.726. The number of urea groups is 1. The average Bonchev–Trinajstić information content (AvgIpc) is 2.84. The highest BCUT2D eigenvalue weighted by atomic mass is 16.5. The van der Waals surface area contributed by atoms with Gasteiger partial charge in [-0.15, -0.1) is 0 Å². The van der Waals surface area contributed by atoms with Crippen LogP contribution < -0.4 is 16.2 Å². The van der Waals surface area contributed by atoms with Gasteiger partial charge in [0, 0.05) is 5.39 Å². The Kier molecular flexibility index (Phi) is 6.91. The molecule has 0 spiro atoms. The molecular weight excluding hydrogens is 452 g/mol. The standard InChI is InChI=1S/C25H24N4O6/c1-3-34-23(31)20-15(2)26-25(33)27-19(20)14-35-24(32)21-17-11-7-8-12-18(17)22(30)29(28-21)13-16-9-5-4-6-10-16/h4-12,15H,3,13-14H2,1-2H3,(H2,26,27,33)/t15-/m0/s1. The molecule has 180 valence electrons. The monoisotopic (exact) mass is 476 g/mol. The van der Waals surface area contributed by atoms with Crippen LogP contribution in [0.5, 0.6) is 0 Å². The number of ether oxygens (including phenoxy) is 2. The van der Waals surface area contributed by atoms with Gasteiger partial charge in [-0.1, -0.05) is 48.5 Å². The zero-order valence-electron chi connectivity index (χ0n) is 19.2. The lowest BCUT2D eigenvalue weighted by atomic mass is 10.0. The van der Waals surface area contributed by atoms with Crippen molar-refractivity contribution in [2.45, 2.75) is 26.4 Å². The van der Waals surface area contributed by atoms with Crippen molar-refractivity contribution in [1.82, 2.24) is 20.4 Å². The van der Waals surface area contributed by atoms with Crippen molar-refractivity contribution in [3.05, 3.63) is 87.5 Å². The number of fused-ring (bicyclic) bond motifs is 1. The molecule has 0 saturated heterocycles. The first-order chi connectivity index (χ1) is 16.9. The molecule has 2 heterocycles. The summed E-state index contributed by atoms with van der Waals surface area (Å²) in [5, 5.41) is 10.0. The van der Waals surface area contributed by atoms with E-state index in [9.17, 15) is 19.2 Å². The Bertz CT molecular complexity index is 1380. The first-order valence-corrected chi connectivity index (χ1v) is 11.1. The summed E-state index contributed by atoms with van der Waals surface area (Å²) < 4.78 is 11.7. The van der Waals surface area contributed by atoms with E-state index in [2.05, 4.69) is 15.7 Å². The summed E-state index contributed by atoms with van der Waals surface area (Å²) in [6.07, 6.45) is 0. The summed E-state index contributed by atoms with van der Waals surface area (Å²) >= 11 is 0. The van der Waals surface area contributed by atoms with Crippen LogP contribution in [0.3, 0.4) is 0 Å². The molecule has 10 heteroatoms. The Balaban J connectivity index is 1.67. The van der Waals surface area contributed by atoms with Crippen LogP contribution in [0.1, 0.15) is 29.9 Å². The number of aromatic nitrogens is 2. The van der Waals surface area contributed by atoms with Crippen molar-refractivity contribution in [3.8, 4) is 0 Å². The number of hydrogen-bond donors (Lipinski definition) is 2. The fourth-order valence-corrected chi connectivity index (χ4v) is 3.85. The minimum Gasteiger partial charge on any atom is -0.463 e. The molecule has 0 aliphatic carbocycles. The molecule has 0 saturated carbocycles. The lowest BCUT2D eigenvalue weighted by Gasteiger charge is -2.26. The molecule has 10 nitrogen and oxygen atoms in total. The first kappa shape index (κ1) is 23.7. The summed E-state index contributed by atoms with van der Waals surface area (Å²) in [6.45, 7) is 3.22. The molecule has 1 aromatic heterocycles. The van der Waals surface area contributed by atoms with Crippen molar-refractivity contribution in [2.24, 2.45) is 0 Å². The molecule has 1 aliphatic heterocycles. The molecule has 2 aromatic carbocycles. The third-order valence-electron chi connectivity index (χ3n) is 5.45. The molecule has 0 fully saturated rings. The molecule has 0 bridgehead atoms. The van der Waals surface area contributed by atoms with Crippen LogP contribution >= 0.6 is 0 Å². The number of nitrogens with zero attached hydrogens (tertiary/aromatic N) is 2. The zero-order chi connectivity index (χ0) is 24.9. The molecule has 2 amide bonds. The van der Waals surface area contributed by atoms with Crippen molar-refractivity contribution in [3.63, 3.8) is 0 Å². The highest BCUT2D eigenvalue weighted by molar-refractivity contribution is 6.02. The van der Waals surface area contributed by atoms with E-state index in [-0.39, 0.29) is 35.7 Å². The van der Waals surface area contributed by atoms with Gasteiger partial charge in [-0.25, -0.2) is 19.1 Å². The summed E-state index contributed by atoms with van der Waals surface area (Å²) in [5.74, 6) is -1.43. The van der Waals surface area contributed by atoms with Crippen molar-refractivity contribution in [1.29, 1.82) is 0 Å². The second kappa shape index (κ2) is 10.2. The number of nitrogens with one attached hydrogen (secondary N) is 2. The Morgan fingerprint density at radius 1 is 0.971 bits per heavy atom. The molecule has 4 rings (SSSR count). The molecular formula is C25H24N4O6. The summed E-state index contributed by atoms with van der Waals surface area (Å²) in [4.78, 5) is 50.5. The van der Waals surface area contributed by atoms with E-state index >= 15 is 0 Å². The smallest absolute Gasteiger partial charge is 0.359 e. The Morgan fingerprint density at radius 3 is 2.37 bits per heavy atom. The SMILES string of the molecule is CCOC(=O)C1=C(COC(=O)c2nn(Cc3ccccc3)c(=O)c3ccccc23)NC(=O)N[C@H]1C. The van der Waals surface area contributed by atoms with Crippen LogP contribution in [-0.4, -0.2) is 47.0 Å². The largest absolute Gasteiger partial charge is 0.463 e. The van der Waals surface area contributed by atoms with Crippen LogP contribution in [0.25, 0.3) is 10.8 Å². The van der Waals surface area contributed by atoms with Gasteiger partial charge in [-0.3, -0.25) is 4.79 Å². The molecule has 1 atom stereocenters. The minimum absolute atomic E-state index is 0.0530. The quantitative estimate of drug-likeness (QED) is 0.500. The average molecular weight is 476 g/mol. The second-order valence-corrected chi connectivity index (χ2v) is 7.85. The van der Waals surface area contributed by atoms with Gasteiger partial charge in [0.2, 0.25) is 0 Å². The van der Waals surface area contributed by atoms with Crippen LogP contribution in [0.2, 0.25) is 0 Å². The first-order valence-electron chi connectivity index (χ1n) is 11.1. The van der Waals surface area contributed by atoms with E-state index in [0.29, 0.717) is 10.8 Å². The van der Waals surface area contributed by atoms with Gasteiger partial charge in [0.05, 0.1) is 35.8 Å². The summed E-state index contributed by atoms with van der Waals surface area (Å²) in [7, 11) is 0. The van der Waals surface area contributed by atoms with Gasteiger partial charge in [0.1, 0.15) is 6.61 Å². The number of rotatable bonds is 7. The van der Waals surface area contributed by atoms with Gasteiger partial charge in [-0.05, 0) is 25.5 Å². The van der Waals surface area contributed by atoms with Gasteiger partial charge in [0.15, 0.2) is 5.69 Å². The van der Waals surface area contributed by atoms with E-state index in [0.717, 1.165) is 5.56 Å². The molecule has 35 heavy (non-hydrogen) atoms. The van der Waals surface area contributed by atoms with E-state index in [4.69, 9.17) is 9.47 Å². The lowest BCUT2D eigenvalue weighted by Crippen LogP contribution is -2.50. The van der Waals surface area contributed by atoms with E-state index in [1.807, 2.05) is 30.3 Å². The Hall–Kier alpha value is -4.47. The van der Waals surface area contributed by atoms with Crippen LogP contribution in [0.15, 0.2) is 70.7 Å². The van der Waals surface area contributed by atoms with Gasteiger partial charge in [-0.2, -0.15) is 5.10 Å². The van der Waals surface area contributed by atoms with Gasteiger partial charge < -0.3 is 20.1 Å². The van der Waals surface area contributed by atoms with Gasteiger partial charge in [0.25, 0.3) is 5.56 Å². The van der Waals surface area contributed by atoms with Crippen LogP contribution in [0.4, 0.5) is 4.79 Å². The maximum absolute atomic E-state index is 13.1. The number of hydrogen-bond acceptors (Lipinski definition) is 7. The predicted octanol–water partition coefficient (Wildman–Crippen LogP) is 2.12. The third-order valence-corrected chi connectivity index (χ3v) is 5.45. The Morgan fingerprint density at radius 2 is 1.66 bits per heavy atom. The lowest BCUT2D eigenvalue weighted by molar-refractivity contribution is -0.139. The van der Waals surface area contributed by atoms with E-state index in [1.54, 1.807) is 38.1 Å². The van der Waals surface area contributed by atoms with E-state index < -0.39 is 30.6 Å². The number of carbonyl (C=O) groups is 3. The van der Waals surface area contributed by atoms with Crippen molar-refractivity contribution < 1.29 is 23.9 Å². The number of benzene rings is 2. The maximum atomic E-state index is 13.1.